The molecule has 2 heterocycles. The second-order valence-electron chi connectivity index (χ2n) is 6.05. The lowest BCUT2D eigenvalue weighted by molar-refractivity contribution is -0.142. The molecular weight excluding hydrogens is 402 g/mol. The number of primary sulfonamides is 1. The molecule has 4 rings (SSSR count). The van der Waals surface area contributed by atoms with E-state index in [0.29, 0.717) is 0 Å². The fraction of sp³-hybridized carbons (Fsp3) is 0.118. The average molecular weight is 413 g/mol. The molecule has 0 radical (unpaired) electrons. The highest BCUT2D eigenvalue weighted by Crippen LogP contribution is 2.44. The van der Waals surface area contributed by atoms with Gasteiger partial charge in [-0.2, -0.15) is 18.3 Å². The van der Waals surface area contributed by atoms with Gasteiger partial charge in [0.15, 0.2) is 5.69 Å². The Labute approximate surface area is 156 Å². The van der Waals surface area contributed by atoms with Crippen LogP contribution in [0.25, 0.3) is 16.9 Å². The van der Waals surface area contributed by atoms with Crippen LogP contribution in [0, 0.1) is 5.82 Å². The topological polar surface area (TPSA) is 87.2 Å². The van der Waals surface area contributed by atoms with Crippen LogP contribution >= 0.6 is 0 Å². The van der Waals surface area contributed by atoms with Crippen LogP contribution in [-0.4, -0.2) is 18.2 Å². The number of rotatable bonds is 2. The van der Waals surface area contributed by atoms with Crippen molar-refractivity contribution in [3.63, 3.8) is 0 Å². The summed E-state index contributed by atoms with van der Waals surface area (Å²) in [6, 6.07) is 8.35. The van der Waals surface area contributed by atoms with E-state index >= 15 is 0 Å². The van der Waals surface area contributed by atoms with Gasteiger partial charge in [-0.3, -0.25) is 0 Å². The van der Waals surface area contributed by atoms with E-state index in [1.807, 2.05) is 0 Å². The molecule has 0 spiro atoms. The quantitative estimate of drug-likeness (QED) is 0.654. The third kappa shape index (κ3) is 3.02. The maximum Gasteiger partial charge on any atom is 0.435 e. The molecule has 11 heteroatoms. The first-order valence-electron chi connectivity index (χ1n) is 7.81. The minimum Gasteiger partial charge on any atom is -0.488 e. The molecule has 1 aliphatic heterocycles. The number of nitrogens with two attached hydrogens (primary N) is 1. The summed E-state index contributed by atoms with van der Waals surface area (Å²) in [7, 11) is -3.97. The standard InChI is InChI=1S/C17H11F4N3O3S/c18-9-1-6-14-12(7-9)15-13(8-27-14)16(17(19,20)21)23-24(15)10-2-4-11(5-3-10)28(22,25)26/h1-7H,8H2,(H2,22,25,26). The first-order chi connectivity index (χ1) is 13.1. The van der Waals surface area contributed by atoms with Crippen molar-refractivity contribution in [3.8, 4) is 22.7 Å². The summed E-state index contributed by atoms with van der Waals surface area (Å²) in [4.78, 5) is -0.205. The molecule has 0 saturated heterocycles. The average Bonchev–Trinajstić information content (AvgIpc) is 3.01. The summed E-state index contributed by atoms with van der Waals surface area (Å²) >= 11 is 0. The van der Waals surface area contributed by atoms with Crippen LogP contribution in [0.15, 0.2) is 47.4 Å². The maximum atomic E-state index is 13.8. The number of nitrogens with zero attached hydrogens (tertiary/aromatic N) is 2. The van der Waals surface area contributed by atoms with Crippen LogP contribution in [0.2, 0.25) is 0 Å². The molecule has 2 aromatic carbocycles. The van der Waals surface area contributed by atoms with Crippen LogP contribution in [0.1, 0.15) is 11.3 Å². The van der Waals surface area contributed by atoms with Gasteiger partial charge < -0.3 is 4.74 Å². The molecule has 0 atom stereocenters. The minimum absolute atomic E-state index is 0.0245. The zero-order chi connectivity index (χ0) is 20.3. The Morgan fingerprint density at radius 3 is 2.39 bits per heavy atom. The highest BCUT2D eigenvalue weighted by molar-refractivity contribution is 7.89. The van der Waals surface area contributed by atoms with Gasteiger partial charge in [0, 0.05) is 11.1 Å². The second kappa shape index (κ2) is 6.04. The molecule has 0 saturated carbocycles. The number of aromatic nitrogens is 2. The number of sulfonamides is 1. The molecule has 0 fully saturated rings. The first-order valence-corrected chi connectivity index (χ1v) is 9.35. The number of alkyl halides is 3. The molecule has 0 bridgehead atoms. The van der Waals surface area contributed by atoms with Gasteiger partial charge in [-0.1, -0.05) is 0 Å². The summed E-state index contributed by atoms with van der Waals surface area (Å²) in [5, 5.41) is 8.70. The third-order valence-electron chi connectivity index (χ3n) is 4.23. The molecular formula is C17H11F4N3O3S. The van der Waals surface area contributed by atoms with Crippen LogP contribution in [0.4, 0.5) is 17.6 Å². The lowest BCUT2D eigenvalue weighted by Crippen LogP contribution is -2.13. The van der Waals surface area contributed by atoms with Gasteiger partial charge >= 0.3 is 6.18 Å². The van der Waals surface area contributed by atoms with E-state index in [1.54, 1.807) is 0 Å². The van der Waals surface area contributed by atoms with Crippen molar-refractivity contribution in [1.29, 1.82) is 0 Å². The predicted molar refractivity (Wildman–Crippen MR) is 89.7 cm³/mol. The Hall–Kier alpha value is -2.92. The molecule has 0 amide bonds. The number of hydrogen-bond acceptors (Lipinski definition) is 4. The van der Waals surface area contributed by atoms with Crippen molar-refractivity contribution >= 4 is 10.0 Å². The zero-order valence-corrected chi connectivity index (χ0v) is 14.7. The predicted octanol–water partition coefficient (Wildman–Crippen LogP) is 3.24. The normalized spacial score (nSPS) is 13.6. The monoisotopic (exact) mass is 413 g/mol. The number of benzene rings is 2. The van der Waals surface area contributed by atoms with Crippen LogP contribution in [0.3, 0.4) is 0 Å². The number of hydrogen-bond donors (Lipinski definition) is 1. The SMILES string of the molecule is NS(=O)(=O)c1ccc(-n2nc(C(F)(F)F)c3c2-c2cc(F)ccc2OC3)cc1. The van der Waals surface area contributed by atoms with Gasteiger partial charge in [-0.15, -0.1) is 0 Å². The highest BCUT2D eigenvalue weighted by Gasteiger charge is 2.41. The fourth-order valence-electron chi connectivity index (χ4n) is 3.02. The van der Waals surface area contributed by atoms with E-state index in [1.165, 1.54) is 18.2 Å². The van der Waals surface area contributed by atoms with E-state index in [0.717, 1.165) is 28.9 Å². The van der Waals surface area contributed by atoms with Crippen LogP contribution < -0.4 is 9.88 Å². The third-order valence-corrected chi connectivity index (χ3v) is 5.16. The number of halogens is 4. The van der Waals surface area contributed by atoms with E-state index in [9.17, 15) is 26.0 Å². The molecule has 1 aromatic heterocycles. The Morgan fingerprint density at radius 1 is 1.11 bits per heavy atom. The molecule has 0 unspecified atom stereocenters. The van der Waals surface area contributed by atoms with Crippen molar-refractivity contribution in [2.45, 2.75) is 17.7 Å². The van der Waals surface area contributed by atoms with Gasteiger partial charge in [0.25, 0.3) is 0 Å². The van der Waals surface area contributed by atoms with Crippen LogP contribution in [-0.2, 0) is 22.8 Å². The van der Waals surface area contributed by atoms with Crippen molar-refractivity contribution in [2.75, 3.05) is 0 Å². The van der Waals surface area contributed by atoms with E-state index < -0.39 is 34.3 Å². The van der Waals surface area contributed by atoms with Gasteiger partial charge in [-0.05, 0) is 42.5 Å². The summed E-state index contributed by atoms with van der Waals surface area (Å²) < 4.78 is 83.3. The lowest BCUT2D eigenvalue weighted by Gasteiger charge is -2.20. The molecule has 1 aliphatic rings. The van der Waals surface area contributed by atoms with E-state index in [4.69, 9.17) is 9.88 Å². The summed E-state index contributed by atoms with van der Waals surface area (Å²) in [5.41, 5.74) is -1.11. The Morgan fingerprint density at radius 2 is 1.79 bits per heavy atom. The molecule has 28 heavy (non-hydrogen) atoms. The molecule has 146 valence electrons. The van der Waals surface area contributed by atoms with Gasteiger partial charge in [0.05, 0.1) is 16.3 Å². The molecule has 2 N–H and O–H groups in total. The zero-order valence-electron chi connectivity index (χ0n) is 13.9. The number of ether oxygens (including phenoxy) is 1. The summed E-state index contributed by atoms with van der Waals surface area (Å²) in [5.74, 6) is -0.439. The van der Waals surface area contributed by atoms with Crippen molar-refractivity contribution in [2.24, 2.45) is 5.14 Å². The fourth-order valence-corrected chi connectivity index (χ4v) is 3.53. The Balaban J connectivity index is 1.98. The van der Waals surface area contributed by atoms with Crippen molar-refractivity contribution < 1.29 is 30.7 Å². The molecule has 0 aliphatic carbocycles. The number of fused-ring (bicyclic) bond motifs is 3. The Kier molecular flexibility index (Phi) is 3.98. The van der Waals surface area contributed by atoms with Crippen LogP contribution in [0.5, 0.6) is 5.75 Å². The molecule has 6 nitrogen and oxygen atoms in total. The smallest absolute Gasteiger partial charge is 0.435 e. The van der Waals surface area contributed by atoms with Gasteiger partial charge in [0.1, 0.15) is 18.2 Å². The van der Waals surface area contributed by atoms with Gasteiger partial charge in [-0.25, -0.2) is 22.6 Å². The minimum atomic E-state index is -4.76. The summed E-state index contributed by atoms with van der Waals surface area (Å²) in [6.07, 6.45) is -4.76. The highest BCUT2D eigenvalue weighted by atomic mass is 32.2. The van der Waals surface area contributed by atoms with Crippen molar-refractivity contribution in [3.05, 3.63) is 59.5 Å². The van der Waals surface area contributed by atoms with E-state index in [-0.39, 0.29) is 33.2 Å². The Bertz CT molecular complexity index is 1190. The maximum absolute atomic E-state index is 13.8. The van der Waals surface area contributed by atoms with Crippen molar-refractivity contribution in [1.82, 2.24) is 9.78 Å². The second-order valence-corrected chi connectivity index (χ2v) is 7.61. The summed E-state index contributed by atoms with van der Waals surface area (Å²) in [6.45, 7) is -0.391. The van der Waals surface area contributed by atoms with E-state index in [2.05, 4.69) is 5.10 Å². The molecule has 3 aromatic rings. The largest absolute Gasteiger partial charge is 0.488 e. The lowest BCUT2D eigenvalue weighted by atomic mass is 10.0. The van der Waals surface area contributed by atoms with Gasteiger partial charge in [0.2, 0.25) is 10.0 Å². The first kappa shape index (κ1) is 18.4.